The number of allylic oxidation sites excluding steroid dienone is 1. The first-order chi connectivity index (χ1) is 9.06. The molecular formula is C13H20Cl2O4. The summed E-state index contributed by atoms with van der Waals surface area (Å²) in [4.78, 5) is 21.7. The molecule has 0 saturated carbocycles. The van der Waals surface area contributed by atoms with Crippen molar-refractivity contribution in [3.63, 3.8) is 0 Å². The number of rotatable bonds is 10. The lowest BCUT2D eigenvalue weighted by atomic mass is 10.2. The van der Waals surface area contributed by atoms with Crippen LogP contribution in [0.4, 0.5) is 0 Å². The molecule has 0 aromatic heterocycles. The fourth-order valence-corrected chi connectivity index (χ4v) is 1.33. The van der Waals surface area contributed by atoms with Gasteiger partial charge in [-0.2, -0.15) is 0 Å². The quantitative estimate of drug-likeness (QED) is 0.268. The molecule has 0 fully saturated rings. The van der Waals surface area contributed by atoms with Gasteiger partial charge in [0.15, 0.2) is 0 Å². The van der Waals surface area contributed by atoms with Crippen molar-refractivity contribution in [3.05, 3.63) is 12.2 Å². The smallest absolute Gasteiger partial charge is 0.305 e. The second-order valence-electron chi connectivity index (χ2n) is 3.82. The average molecular weight is 311 g/mol. The van der Waals surface area contributed by atoms with Crippen LogP contribution < -0.4 is 0 Å². The van der Waals surface area contributed by atoms with Gasteiger partial charge >= 0.3 is 11.9 Å². The standard InChI is InChI=1S/C13H20Cl2O4/c1-2-3-4-5-9-18-12(16)7-6-8-13(17)19-10-11(14)15/h3-4,11H,2,5-10H2,1H3/b4-3-. The Labute approximate surface area is 124 Å². The highest BCUT2D eigenvalue weighted by Crippen LogP contribution is 2.05. The molecule has 4 nitrogen and oxygen atoms in total. The van der Waals surface area contributed by atoms with E-state index in [1.807, 2.05) is 19.1 Å². The second kappa shape index (κ2) is 12.3. The Morgan fingerprint density at radius 3 is 2.32 bits per heavy atom. The van der Waals surface area contributed by atoms with Crippen molar-refractivity contribution in [1.29, 1.82) is 0 Å². The first-order valence-electron chi connectivity index (χ1n) is 6.30. The van der Waals surface area contributed by atoms with E-state index >= 15 is 0 Å². The van der Waals surface area contributed by atoms with Gasteiger partial charge in [0.2, 0.25) is 0 Å². The Balaban J connectivity index is 3.47. The predicted octanol–water partition coefficient (Wildman–Crippen LogP) is 3.40. The van der Waals surface area contributed by atoms with Crippen LogP contribution in [0.3, 0.4) is 0 Å². The highest BCUT2D eigenvalue weighted by Gasteiger charge is 2.08. The summed E-state index contributed by atoms with van der Waals surface area (Å²) in [5, 5.41) is 0. The Morgan fingerprint density at radius 1 is 1.11 bits per heavy atom. The number of ether oxygens (including phenoxy) is 2. The van der Waals surface area contributed by atoms with Crippen LogP contribution in [0.15, 0.2) is 12.2 Å². The maximum absolute atomic E-state index is 11.3. The number of esters is 2. The predicted molar refractivity (Wildman–Crippen MR) is 75.3 cm³/mol. The summed E-state index contributed by atoms with van der Waals surface area (Å²) < 4.78 is 9.73. The number of hydrogen-bond acceptors (Lipinski definition) is 4. The second-order valence-corrected chi connectivity index (χ2v) is 5.09. The normalized spacial score (nSPS) is 10.9. The van der Waals surface area contributed by atoms with Crippen LogP contribution in [0.1, 0.15) is 39.0 Å². The van der Waals surface area contributed by atoms with E-state index < -0.39 is 10.8 Å². The zero-order valence-electron chi connectivity index (χ0n) is 11.1. The van der Waals surface area contributed by atoms with Crippen molar-refractivity contribution in [2.24, 2.45) is 0 Å². The zero-order valence-corrected chi connectivity index (χ0v) is 12.6. The summed E-state index contributed by atoms with van der Waals surface area (Å²) in [5.74, 6) is -0.713. The highest BCUT2D eigenvalue weighted by molar-refractivity contribution is 6.44. The van der Waals surface area contributed by atoms with Crippen molar-refractivity contribution >= 4 is 35.1 Å². The molecule has 0 aliphatic rings. The molecule has 0 heterocycles. The Morgan fingerprint density at radius 2 is 1.74 bits per heavy atom. The molecule has 0 radical (unpaired) electrons. The molecule has 0 spiro atoms. The van der Waals surface area contributed by atoms with E-state index in [4.69, 9.17) is 32.7 Å². The molecule has 0 N–H and O–H groups in total. The number of carbonyl (C=O) groups excluding carboxylic acids is 2. The molecule has 6 heteroatoms. The van der Waals surface area contributed by atoms with Crippen LogP contribution in [0.5, 0.6) is 0 Å². The summed E-state index contributed by atoms with van der Waals surface area (Å²) >= 11 is 10.8. The van der Waals surface area contributed by atoms with Gasteiger partial charge in [-0.3, -0.25) is 9.59 Å². The van der Waals surface area contributed by atoms with Gasteiger partial charge in [0.05, 0.1) is 6.61 Å². The van der Waals surface area contributed by atoms with Gasteiger partial charge in [-0.25, -0.2) is 0 Å². The Hall–Kier alpha value is -0.740. The monoisotopic (exact) mass is 310 g/mol. The minimum Gasteiger partial charge on any atom is -0.465 e. The number of hydrogen-bond donors (Lipinski definition) is 0. The molecule has 0 bridgehead atoms. The van der Waals surface area contributed by atoms with Crippen LogP contribution in [0.25, 0.3) is 0 Å². The fourth-order valence-electron chi connectivity index (χ4n) is 1.20. The first kappa shape index (κ1) is 18.3. The van der Waals surface area contributed by atoms with E-state index in [1.54, 1.807) is 0 Å². The molecule has 0 unspecified atom stereocenters. The summed E-state index contributed by atoms with van der Waals surface area (Å²) in [5.41, 5.74) is 0. The maximum Gasteiger partial charge on any atom is 0.305 e. The summed E-state index contributed by atoms with van der Waals surface area (Å²) in [6, 6.07) is 0. The molecule has 0 aliphatic heterocycles. The SMILES string of the molecule is CC/C=C\CCOC(=O)CCCC(=O)OCC(Cl)Cl. The van der Waals surface area contributed by atoms with Gasteiger partial charge in [0, 0.05) is 12.8 Å². The third kappa shape index (κ3) is 13.5. The van der Waals surface area contributed by atoms with Crippen LogP contribution in [0, 0.1) is 0 Å². The van der Waals surface area contributed by atoms with Crippen LogP contribution in [-0.2, 0) is 19.1 Å². The molecule has 0 aromatic rings. The van der Waals surface area contributed by atoms with Crippen LogP contribution in [-0.4, -0.2) is 30.0 Å². The Kier molecular flexibility index (Phi) is 11.8. The summed E-state index contributed by atoms with van der Waals surface area (Å²) in [6.45, 7) is 2.38. The molecule has 0 aliphatic carbocycles. The van der Waals surface area contributed by atoms with Gasteiger partial charge in [-0.05, 0) is 19.3 Å². The topological polar surface area (TPSA) is 52.6 Å². The third-order valence-corrected chi connectivity index (χ3v) is 2.33. The fraction of sp³-hybridized carbons (Fsp3) is 0.692. The molecule has 0 rings (SSSR count). The van der Waals surface area contributed by atoms with Gasteiger partial charge in [0.1, 0.15) is 11.4 Å². The maximum atomic E-state index is 11.3. The average Bonchev–Trinajstić information content (AvgIpc) is 2.36. The van der Waals surface area contributed by atoms with E-state index in [2.05, 4.69) is 0 Å². The third-order valence-electron chi connectivity index (χ3n) is 2.08. The summed E-state index contributed by atoms with van der Waals surface area (Å²) in [6.07, 6.45) is 6.45. The molecule has 19 heavy (non-hydrogen) atoms. The lowest BCUT2D eigenvalue weighted by molar-refractivity contribution is -0.145. The number of alkyl halides is 2. The van der Waals surface area contributed by atoms with Gasteiger partial charge in [-0.1, -0.05) is 19.1 Å². The summed E-state index contributed by atoms with van der Waals surface area (Å²) in [7, 11) is 0. The molecular weight excluding hydrogens is 291 g/mol. The first-order valence-corrected chi connectivity index (χ1v) is 7.18. The van der Waals surface area contributed by atoms with Crippen molar-refractivity contribution < 1.29 is 19.1 Å². The number of halogens is 2. The van der Waals surface area contributed by atoms with Gasteiger partial charge in [-0.15, -0.1) is 23.2 Å². The highest BCUT2D eigenvalue weighted by atomic mass is 35.5. The molecule has 0 amide bonds. The van der Waals surface area contributed by atoms with Crippen LogP contribution >= 0.6 is 23.2 Å². The van der Waals surface area contributed by atoms with E-state index in [9.17, 15) is 9.59 Å². The van der Waals surface area contributed by atoms with Gasteiger partial charge < -0.3 is 9.47 Å². The molecule has 0 saturated heterocycles. The van der Waals surface area contributed by atoms with E-state index in [-0.39, 0.29) is 25.4 Å². The van der Waals surface area contributed by atoms with E-state index in [1.165, 1.54) is 0 Å². The van der Waals surface area contributed by atoms with Crippen molar-refractivity contribution in [1.82, 2.24) is 0 Å². The largest absolute Gasteiger partial charge is 0.465 e. The van der Waals surface area contributed by atoms with Crippen LogP contribution in [0.2, 0.25) is 0 Å². The lowest BCUT2D eigenvalue weighted by Gasteiger charge is -2.05. The van der Waals surface area contributed by atoms with Crippen molar-refractivity contribution in [2.75, 3.05) is 13.2 Å². The molecule has 0 atom stereocenters. The lowest BCUT2D eigenvalue weighted by Crippen LogP contribution is -2.11. The van der Waals surface area contributed by atoms with E-state index in [0.717, 1.165) is 6.42 Å². The minimum atomic E-state index is -0.718. The Bertz CT molecular complexity index is 290. The molecule has 110 valence electrons. The van der Waals surface area contributed by atoms with E-state index in [0.29, 0.717) is 19.4 Å². The minimum absolute atomic E-state index is 0.0316. The molecule has 0 aromatic carbocycles. The van der Waals surface area contributed by atoms with Crippen molar-refractivity contribution in [2.45, 2.75) is 43.9 Å². The van der Waals surface area contributed by atoms with Crippen molar-refractivity contribution in [3.8, 4) is 0 Å². The zero-order chi connectivity index (χ0) is 14.5. The number of carbonyl (C=O) groups is 2. The van der Waals surface area contributed by atoms with Gasteiger partial charge in [0.25, 0.3) is 0 Å².